The van der Waals surface area contributed by atoms with Crippen LogP contribution in [-0.4, -0.2) is 63.8 Å². The number of aromatic nitrogens is 1. The molecule has 0 amide bonds. The second kappa shape index (κ2) is 17.8. The van der Waals surface area contributed by atoms with Gasteiger partial charge in [0.1, 0.15) is 11.9 Å². The molecular weight excluding hydrogens is 653 g/mol. The van der Waals surface area contributed by atoms with E-state index in [9.17, 15) is 9.59 Å². The number of cyclic esters (lactones) is 1. The summed E-state index contributed by atoms with van der Waals surface area (Å²) in [4.78, 5) is 33.5. The summed E-state index contributed by atoms with van der Waals surface area (Å²) in [6.07, 6.45) is 4.90. The number of thiazole rings is 1. The van der Waals surface area contributed by atoms with Crippen molar-refractivity contribution >= 4 is 45.8 Å². The summed E-state index contributed by atoms with van der Waals surface area (Å²) in [5.74, 6) is -0.224. The van der Waals surface area contributed by atoms with Gasteiger partial charge in [0, 0.05) is 35.2 Å². The molecule has 0 saturated carbocycles. The molecule has 2 aliphatic heterocycles. The average Bonchev–Trinajstić information content (AvgIpc) is 3.68. The summed E-state index contributed by atoms with van der Waals surface area (Å²) < 4.78 is 20.7. The van der Waals surface area contributed by atoms with Crippen molar-refractivity contribution in [2.24, 2.45) is 17.3 Å². The third-order valence-corrected chi connectivity index (χ3v) is 22.2. The van der Waals surface area contributed by atoms with Crippen molar-refractivity contribution in [3.63, 3.8) is 0 Å². The summed E-state index contributed by atoms with van der Waals surface area (Å²) in [5, 5.41) is 6.74. The van der Waals surface area contributed by atoms with Crippen LogP contribution in [-0.2, 0) is 23.2 Å². The van der Waals surface area contributed by atoms with E-state index < -0.39 is 28.2 Å². The Labute approximate surface area is 299 Å². The zero-order chi connectivity index (χ0) is 35.9. The van der Waals surface area contributed by atoms with Gasteiger partial charge in [-0.1, -0.05) is 75.7 Å². The Hall–Kier alpha value is -1.18. The fourth-order valence-electron chi connectivity index (χ4n) is 7.89. The number of rotatable bonds is 12. The van der Waals surface area contributed by atoms with E-state index in [0.29, 0.717) is 12.1 Å². The van der Waals surface area contributed by atoms with E-state index in [1.165, 1.54) is 0 Å². The Morgan fingerprint density at radius 2 is 1.56 bits per heavy atom. The van der Waals surface area contributed by atoms with Gasteiger partial charge in [-0.15, -0.1) is 11.3 Å². The van der Waals surface area contributed by atoms with Crippen molar-refractivity contribution in [1.82, 2.24) is 10.3 Å². The van der Waals surface area contributed by atoms with E-state index in [4.69, 9.17) is 13.6 Å². The first-order chi connectivity index (χ1) is 22.6. The largest absolute Gasteiger partial charge is 0.458 e. The molecule has 7 atom stereocenters. The smallest absolute Gasteiger partial charge is 0.309 e. The predicted molar refractivity (Wildman–Crippen MR) is 205 cm³/mol. The van der Waals surface area contributed by atoms with E-state index in [1.807, 2.05) is 33.1 Å². The van der Waals surface area contributed by atoms with Crippen molar-refractivity contribution < 1.29 is 23.2 Å². The van der Waals surface area contributed by atoms with Gasteiger partial charge in [0.25, 0.3) is 0 Å². The first kappa shape index (κ1) is 41.2. The molecule has 274 valence electrons. The number of carbonyl (C=O) groups excluding carboxylic acids is 2. The van der Waals surface area contributed by atoms with Gasteiger partial charge in [-0.05, 0) is 80.5 Å². The molecule has 1 aromatic rings. The first-order valence-electron chi connectivity index (χ1n) is 19.1. The minimum absolute atomic E-state index is 0.0555. The monoisotopic (exact) mass is 720 g/mol. The zero-order valence-corrected chi connectivity index (χ0v) is 35.2. The SMILES string of the molecule is CC[Si](CC)(CC)O[C@H]1[C@@H](C)CCC[C@H]2NC2CC(/C(C)=C/c2csc(C)n2)OC(=O)C[C@@H](O[Si](CC)(CC)CC)C(C)(C)C(=O)[C@@H]1C. The van der Waals surface area contributed by atoms with Crippen LogP contribution in [0.3, 0.4) is 0 Å². The number of esters is 1. The van der Waals surface area contributed by atoms with Crippen LogP contribution in [0, 0.1) is 24.2 Å². The molecule has 7 nitrogen and oxygen atoms in total. The minimum Gasteiger partial charge on any atom is -0.458 e. The predicted octanol–water partition coefficient (Wildman–Crippen LogP) is 9.72. The van der Waals surface area contributed by atoms with E-state index in [-0.39, 0.29) is 42.2 Å². The van der Waals surface area contributed by atoms with E-state index in [1.54, 1.807) is 11.3 Å². The molecule has 1 aromatic heterocycles. The van der Waals surface area contributed by atoms with E-state index in [0.717, 1.165) is 78.2 Å². The third-order valence-electron chi connectivity index (χ3n) is 12.1. The number of hydrogen-bond donors (Lipinski definition) is 1. The molecule has 0 aromatic carbocycles. The second-order valence-corrected chi connectivity index (χ2v) is 25.9. The molecule has 0 aliphatic carbocycles. The summed E-state index contributed by atoms with van der Waals surface area (Å²) in [6, 6.07) is 6.70. The van der Waals surface area contributed by atoms with Crippen LogP contribution in [0.4, 0.5) is 0 Å². The number of fused-ring (bicyclic) bond motifs is 1. The van der Waals surface area contributed by atoms with Gasteiger partial charge in [-0.3, -0.25) is 9.59 Å². The Morgan fingerprint density at radius 1 is 0.979 bits per heavy atom. The van der Waals surface area contributed by atoms with Crippen LogP contribution >= 0.6 is 11.3 Å². The highest BCUT2D eigenvalue weighted by Gasteiger charge is 2.49. The summed E-state index contributed by atoms with van der Waals surface area (Å²) in [5.41, 5.74) is 0.995. The minimum atomic E-state index is -2.19. The quantitative estimate of drug-likeness (QED) is 0.130. The van der Waals surface area contributed by atoms with Crippen LogP contribution in [0.1, 0.15) is 119 Å². The Balaban J connectivity index is 2.05. The normalized spacial score (nSPS) is 29.8. The van der Waals surface area contributed by atoms with Gasteiger partial charge in [0.15, 0.2) is 16.6 Å². The van der Waals surface area contributed by atoms with Crippen LogP contribution < -0.4 is 5.32 Å². The van der Waals surface area contributed by atoms with E-state index in [2.05, 4.69) is 71.8 Å². The Kier molecular flexibility index (Phi) is 15.3. The number of ether oxygens (including phenoxy) is 1. The van der Waals surface area contributed by atoms with Gasteiger partial charge in [-0.25, -0.2) is 4.98 Å². The summed E-state index contributed by atoms with van der Waals surface area (Å²) >= 11 is 1.62. The number of nitrogens with zero attached hydrogens (tertiary/aromatic N) is 1. The lowest BCUT2D eigenvalue weighted by Crippen LogP contribution is -2.53. The highest BCUT2D eigenvalue weighted by Crippen LogP contribution is 2.40. The Bertz CT molecular complexity index is 1210. The van der Waals surface area contributed by atoms with Crippen LogP contribution in [0.5, 0.6) is 0 Å². The highest BCUT2D eigenvalue weighted by atomic mass is 32.1. The van der Waals surface area contributed by atoms with Gasteiger partial charge in [0.05, 0.1) is 29.3 Å². The lowest BCUT2D eigenvalue weighted by atomic mass is 9.73. The second-order valence-electron chi connectivity index (χ2n) is 15.4. The van der Waals surface area contributed by atoms with Gasteiger partial charge in [-0.2, -0.15) is 0 Å². The van der Waals surface area contributed by atoms with Crippen molar-refractivity contribution in [2.75, 3.05) is 0 Å². The van der Waals surface area contributed by atoms with Crippen molar-refractivity contribution in [2.45, 2.75) is 182 Å². The fraction of sp³-hybridized carbons (Fsp3) is 0.816. The molecule has 2 fully saturated rings. The highest BCUT2D eigenvalue weighted by molar-refractivity contribution is 7.09. The number of Topliss-reactive ketones (excluding diaryl/α,β-unsaturated/α-hetero) is 1. The van der Waals surface area contributed by atoms with Crippen molar-refractivity contribution in [1.29, 1.82) is 0 Å². The Morgan fingerprint density at radius 3 is 2.10 bits per heavy atom. The molecule has 48 heavy (non-hydrogen) atoms. The molecule has 3 heterocycles. The molecule has 10 heteroatoms. The molecule has 0 bridgehead atoms. The molecule has 2 saturated heterocycles. The van der Waals surface area contributed by atoms with E-state index >= 15 is 0 Å². The molecule has 2 aliphatic rings. The van der Waals surface area contributed by atoms with Crippen LogP contribution in [0.25, 0.3) is 6.08 Å². The number of hydrogen-bond acceptors (Lipinski definition) is 8. The lowest BCUT2D eigenvalue weighted by molar-refractivity contribution is -0.153. The maximum atomic E-state index is 14.9. The van der Waals surface area contributed by atoms with Crippen molar-refractivity contribution in [3.05, 3.63) is 21.7 Å². The fourth-order valence-corrected chi connectivity index (χ4v) is 14.5. The molecule has 0 spiro atoms. The topological polar surface area (TPSA) is 96.7 Å². The van der Waals surface area contributed by atoms with Gasteiger partial charge < -0.3 is 18.9 Å². The number of nitrogens with one attached hydrogen (secondary N) is 1. The number of ketones is 1. The summed E-state index contributed by atoms with van der Waals surface area (Å²) in [7, 11) is -4.18. The molecular formula is C38H68N2O5SSi2. The lowest BCUT2D eigenvalue weighted by Gasteiger charge is -2.44. The van der Waals surface area contributed by atoms with Crippen LogP contribution in [0.15, 0.2) is 11.0 Å². The molecule has 0 radical (unpaired) electrons. The molecule has 1 N–H and O–H groups in total. The average molecular weight is 721 g/mol. The van der Waals surface area contributed by atoms with Crippen LogP contribution in [0.2, 0.25) is 36.3 Å². The standard InChI is InChI=1S/C38H68N2O5SSi2/c1-13-47(14-2,15-3)44-34-24-35(41)43-33(27(8)22-30-25-46-29(10)39-30)23-32-31(40-32)21-19-20-26(7)36(28(9)37(42)38(34,11)12)45-48(16-4,17-5)18-6/h22,25-26,28,31-34,36,40H,13-21,23-24H2,1-12H3/b27-22+/t26-,28+,31+,32?,33?,34+,36-/m0/s1. The summed E-state index contributed by atoms with van der Waals surface area (Å²) in [6.45, 7) is 25.8. The van der Waals surface area contributed by atoms with Crippen molar-refractivity contribution in [3.8, 4) is 0 Å². The maximum Gasteiger partial charge on any atom is 0.309 e. The number of aryl methyl sites for hydroxylation is 1. The zero-order valence-electron chi connectivity index (χ0n) is 32.4. The molecule has 3 rings (SSSR count). The van der Waals surface area contributed by atoms with Gasteiger partial charge in [0.2, 0.25) is 0 Å². The number of carbonyl (C=O) groups is 2. The van der Waals surface area contributed by atoms with Gasteiger partial charge >= 0.3 is 5.97 Å². The first-order valence-corrected chi connectivity index (χ1v) is 25.0. The maximum absolute atomic E-state index is 14.9. The third kappa shape index (κ3) is 10.2. The molecule has 2 unspecified atom stereocenters.